The molecule has 2 unspecified atom stereocenters. The van der Waals surface area contributed by atoms with Crippen LogP contribution >= 0.6 is 0 Å². The lowest BCUT2D eigenvalue weighted by Gasteiger charge is -2.35. The van der Waals surface area contributed by atoms with E-state index in [-0.39, 0.29) is 18.9 Å². The Labute approximate surface area is 202 Å². The number of carboxylic acid groups (broad SMARTS) is 1. The molecule has 2 amide bonds. The molecule has 7 nitrogen and oxygen atoms in total. The Hall–Kier alpha value is -3.49. The van der Waals surface area contributed by atoms with Crippen LogP contribution in [0.4, 0.5) is 13.6 Å². The van der Waals surface area contributed by atoms with Crippen molar-refractivity contribution < 1.29 is 33.0 Å². The van der Waals surface area contributed by atoms with Crippen molar-refractivity contribution in [2.45, 2.75) is 56.5 Å². The summed E-state index contributed by atoms with van der Waals surface area (Å²) < 4.78 is 32.7. The number of piperidine rings is 1. The van der Waals surface area contributed by atoms with Gasteiger partial charge in [-0.15, -0.1) is 0 Å². The van der Waals surface area contributed by atoms with Crippen LogP contribution in [0.5, 0.6) is 0 Å². The third kappa shape index (κ3) is 5.61. The standard InChI is InChI=1S/C26H28F2N2O5/c27-25(28)22(14-23(31)30-12-6-5-7-16(30)13-24(32)33)29-26(34)35-15-21-19-10-3-1-8-17(19)18-9-2-4-11-20(18)21/h1-4,8-11,16,21-22,25H,5-7,12-15H2,(H,29,34)(H,32,33). The first-order chi connectivity index (χ1) is 16.8. The number of likely N-dealkylation sites (tertiary alicyclic amines) is 1. The van der Waals surface area contributed by atoms with Crippen molar-refractivity contribution >= 4 is 18.0 Å². The topological polar surface area (TPSA) is 95.9 Å². The number of amides is 2. The van der Waals surface area contributed by atoms with E-state index in [1.54, 1.807) is 0 Å². The van der Waals surface area contributed by atoms with E-state index in [1.807, 2.05) is 48.5 Å². The van der Waals surface area contributed by atoms with Gasteiger partial charge in [0, 0.05) is 18.5 Å². The highest BCUT2D eigenvalue weighted by Crippen LogP contribution is 2.44. The lowest BCUT2D eigenvalue weighted by molar-refractivity contribution is -0.142. The molecule has 1 saturated heterocycles. The van der Waals surface area contributed by atoms with Gasteiger partial charge in [-0.3, -0.25) is 9.59 Å². The molecule has 0 bridgehead atoms. The molecule has 2 N–H and O–H groups in total. The predicted octanol–water partition coefficient (Wildman–Crippen LogP) is 4.40. The first-order valence-electron chi connectivity index (χ1n) is 11.8. The van der Waals surface area contributed by atoms with E-state index in [4.69, 9.17) is 9.84 Å². The van der Waals surface area contributed by atoms with E-state index in [0.29, 0.717) is 19.4 Å². The zero-order chi connectivity index (χ0) is 24.9. The Kier molecular flexibility index (Phi) is 7.63. The van der Waals surface area contributed by atoms with Gasteiger partial charge in [-0.1, -0.05) is 48.5 Å². The summed E-state index contributed by atoms with van der Waals surface area (Å²) in [4.78, 5) is 37.6. The number of fused-ring (bicyclic) bond motifs is 3. The van der Waals surface area contributed by atoms with Crippen LogP contribution < -0.4 is 5.32 Å². The Bertz CT molecular complexity index is 1050. The summed E-state index contributed by atoms with van der Waals surface area (Å²) in [5.74, 6) is -1.86. The molecular formula is C26H28F2N2O5. The van der Waals surface area contributed by atoms with E-state index in [0.717, 1.165) is 28.7 Å². The van der Waals surface area contributed by atoms with Gasteiger partial charge in [0.1, 0.15) is 12.6 Å². The number of nitrogens with one attached hydrogen (secondary N) is 1. The number of halogens is 2. The summed E-state index contributed by atoms with van der Waals surface area (Å²) in [6, 6.07) is 13.3. The van der Waals surface area contributed by atoms with Crippen LogP contribution in [0.15, 0.2) is 48.5 Å². The summed E-state index contributed by atoms with van der Waals surface area (Å²) in [5.41, 5.74) is 4.09. The molecule has 0 radical (unpaired) electrons. The van der Waals surface area contributed by atoms with Crippen LogP contribution in [0.2, 0.25) is 0 Å². The van der Waals surface area contributed by atoms with Gasteiger partial charge in [0.25, 0.3) is 6.43 Å². The molecule has 0 spiro atoms. The number of ether oxygens (including phenoxy) is 1. The molecule has 35 heavy (non-hydrogen) atoms. The lowest BCUT2D eigenvalue weighted by Crippen LogP contribution is -2.49. The molecular weight excluding hydrogens is 458 g/mol. The Morgan fingerprint density at radius 2 is 1.66 bits per heavy atom. The first-order valence-corrected chi connectivity index (χ1v) is 11.8. The normalized spacial score (nSPS) is 18.0. The largest absolute Gasteiger partial charge is 0.481 e. The molecule has 4 rings (SSSR count). The van der Waals surface area contributed by atoms with Gasteiger partial charge >= 0.3 is 12.1 Å². The maximum absolute atomic E-state index is 13.7. The van der Waals surface area contributed by atoms with Gasteiger partial charge in [-0.05, 0) is 41.5 Å². The number of rotatable bonds is 8. The van der Waals surface area contributed by atoms with Gasteiger partial charge in [0.05, 0.1) is 12.8 Å². The van der Waals surface area contributed by atoms with E-state index >= 15 is 0 Å². The molecule has 1 fully saturated rings. The summed E-state index contributed by atoms with van der Waals surface area (Å²) in [5, 5.41) is 11.2. The maximum atomic E-state index is 13.7. The fourth-order valence-electron chi connectivity index (χ4n) is 5.04. The second kappa shape index (κ2) is 10.8. The Balaban J connectivity index is 1.37. The molecule has 2 atom stereocenters. The van der Waals surface area contributed by atoms with Crippen LogP contribution in [-0.2, 0) is 14.3 Å². The second-order valence-electron chi connectivity index (χ2n) is 8.95. The molecule has 0 aromatic heterocycles. The number of alkyl carbamates (subject to hydrolysis) is 1. The molecule has 2 aromatic rings. The third-order valence-corrected chi connectivity index (χ3v) is 6.70. The van der Waals surface area contributed by atoms with Gasteiger partial charge < -0.3 is 20.1 Å². The zero-order valence-electron chi connectivity index (χ0n) is 19.2. The number of carboxylic acids is 1. The van der Waals surface area contributed by atoms with Crippen LogP contribution in [-0.4, -0.2) is 59.6 Å². The van der Waals surface area contributed by atoms with E-state index in [1.165, 1.54) is 4.90 Å². The van der Waals surface area contributed by atoms with Crippen LogP contribution in [0, 0.1) is 0 Å². The molecule has 0 saturated carbocycles. The quantitative estimate of drug-likeness (QED) is 0.577. The zero-order valence-corrected chi connectivity index (χ0v) is 19.2. The average molecular weight is 487 g/mol. The van der Waals surface area contributed by atoms with Crippen molar-refractivity contribution in [2.24, 2.45) is 0 Å². The number of alkyl halides is 2. The molecule has 1 aliphatic carbocycles. The molecule has 1 heterocycles. The molecule has 9 heteroatoms. The maximum Gasteiger partial charge on any atom is 0.407 e. The number of carbonyl (C=O) groups excluding carboxylic acids is 2. The van der Waals surface area contributed by atoms with Crippen molar-refractivity contribution in [3.63, 3.8) is 0 Å². The van der Waals surface area contributed by atoms with Gasteiger partial charge in [-0.2, -0.15) is 0 Å². The van der Waals surface area contributed by atoms with Crippen molar-refractivity contribution in [3.05, 3.63) is 59.7 Å². The number of carbonyl (C=O) groups is 3. The van der Waals surface area contributed by atoms with Crippen molar-refractivity contribution in [1.82, 2.24) is 10.2 Å². The van der Waals surface area contributed by atoms with E-state index < -0.39 is 42.9 Å². The predicted molar refractivity (Wildman–Crippen MR) is 124 cm³/mol. The number of hydrogen-bond acceptors (Lipinski definition) is 4. The highest BCUT2D eigenvalue weighted by Gasteiger charge is 2.34. The summed E-state index contributed by atoms with van der Waals surface area (Å²) >= 11 is 0. The summed E-state index contributed by atoms with van der Waals surface area (Å²) in [6.45, 7) is 0.286. The fourth-order valence-corrected chi connectivity index (χ4v) is 5.04. The van der Waals surface area contributed by atoms with Crippen LogP contribution in [0.25, 0.3) is 11.1 Å². The number of hydrogen-bond donors (Lipinski definition) is 2. The van der Waals surface area contributed by atoms with E-state index in [9.17, 15) is 23.2 Å². The fraction of sp³-hybridized carbons (Fsp3) is 0.423. The lowest BCUT2D eigenvalue weighted by atomic mass is 9.98. The number of nitrogens with zero attached hydrogens (tertiary/aromatic N) is 1. The van der Waals surface area contributed by atoms with Crippen molar-refractivity contribution in [3.8, 4) is 11.1 Å². The van der Waals surface area contributed by atoms with Crippen LogP contribution in [0.3, 0.4) is 0 Å². The highest BCUT2D eigenvalue weighted by molar-refractivity contribution is 5.80. The monoisotopic (exact) mass is 486 g/mol. The Morgan fingerprint density at radius 1 is 1.03 bits per heavy atom. The van der Waals surface area contributed by atoms with Gasteiger partial charge in [0.2, 0.25) is 5.91 Å². The summed E-state index contributed by atoms with van der Waals surface area (Å²) in [7, 11) is 0. The SMILES string of the molecule is O=C(O)CC1CCCCN1C(=O)CC(NC(=O)OCC1c2ccccc2-c2ccccc21)C(F)F. The van der Waals surface area contributed by atoms with Gasteiger partial charge in [0.15, 0.2) is 0 Å². The van der Waals surface area contributed by atoms with E-state index in [2.05, 4.69) is 5.32 Å². The minimum Gasteiger partial charge on any atom is -0.481 e. The van der Waals surface area contributed by atoms with Crippen molar-refractivity contribution in [1.29, 1.82) is 0 Å². The average Bonchev–Trinajstić information content (AvgIpc) is 3.16. The van der Waals surface area contributed by atoms with Crippen molar-refractivity contribution in [2.75, 3.05) is 13.2 Å². The first kappa shape index (κ1) is 24.6. The Morgan fingerprint density at radius 3 is 2.26 bits per heavy atom. The van der Waals surface area contributed by atoms with Gasteiger partial charge in [-0.25, -0.2) is 13.6 Å². The highest BCUT2D eigenvalue weighted by atomic mass is 19.3. The third-order valence-electron chi connectivity index (χ3n) is 6.70. The summed E-state index contributed by atoms with van der Waals surface area (Å²) in [6.07, 6.45) is -2.90. The molecule has 2 aromatic carbocycles. The van der Waals surface area contributed by atoms with Crippen LogP contribution in [0.1, 0.15) is 49.1 Å². The molecule has 186 valence electrons. The number of aliphatic carboxylic acids is 1. The smallest absolute Gasteiger partial charge is 0.407 e. The molecule has 1 aliphatic heterocycles. The minimum atomic E-state index is -2.98. The number of benzene rings is 2. The second-order valence-corrected chi connectivity index (χ2v) is 8.95. The minimum absolute atomic E-state index is 0.0312. The molecule has 2 aliphatic rings.